The quantitative estimate of drug-likeness (QED) is 0.635. The number of thioether (sulfide) groups is 1. The molecule has 0 saturated carbocycles. The van der Waals surface area contributed by atoms with Crippen LogP contribution in [0.3, 0.4) is 0 Å². The highest BCUT2D eigenvalue weighted by Gasteiger charge is 2.11. The molecule has 2 aromatic rings. The minimum Gasteiger partial charge on any atom is -0.468 e. The number of esters is 1. The molecule has 0 aliphatic heterocycles. The highest BCUT2D eigenvalue weighted by atomic mass is 35.5. The van der Waals surface area contributed by atoms with E-state index in [1.54, 1.807) is 24.3 Å². The predicted molar refractivity (Wildman–Crippen MR) is 67.5 cm³/mol. The highest BCUT2D eigenvalue weighted by Crippen LogP contribution is 2.24. The summed E-state index contributed by atoms with van der Waals surface area (Å²) in [5.74, 6) is 0.184. The molecule has 0 aliphatic rings. The van der Waals surface area contributed by atoms with Crippen molar-refractivity contribution in [1.82, 2.24) is 10.2 Å². The molecule has 0 atom stereocenters. The Labute approximate surface area is 112 Å². The number of ether oxygens (including phenoxy) is 1. The lowest BCUT2D eigenvalue weighted by Gasteiger charge is -1.95. The minimum atomic E-state index is -0.341. The SMILES string of the molecule is COC(=O)CSc1nnc(-c2ccc(Cl)cc2)o1. The van der Waals surface area contributed by atoms with Gasteiger partial charge in [0.05, 0.1) is 7.11 Å². The smallest absolute Gasteiger partial charge is 0.316 e. The largest absolute Gasteiger partial charge is 0.468 e. The van der Waals surface area contributed by atoms with Gasteiger partial charge in [-0.2, -0.15) is 0 Å². The van der Waals surface area contributed by atoms with Crippen molar-refractivity contribution in [1.29, 1.82) is 0 Å². The Bertz CT molecular complexity index is 541. The summed E-state index contributed by atoms with van der Waals surface area (Å²) in [7, 11) is 1.33. The van der Waals surface area contributed by atoms with Gasteiger partial charge >= 0.3 is 5.97 Å². The molecule has 94 valence electrons. The Balaban J connectivity index is 2.06. The molecule has 0 unspecified atom stereocenters. The Kier molecular flexibility index (Phi) is 4.22. The van der Waals surface area contributed by atoms with Crippen LogP contribution >= 0.6 is 23.4 Å². The van der Waals surface area contributed by atoms with Crippen molar-refractivity contribution in [2.24, 2.45) is 0 Å². The first-order valence-electron chi connectivity index (χ1n) is 4.98. The highest BCUT2D eigenvalue weighted by molar-refractivity contribution is 7.99. The summed E-state index contributed by atoms with van der Waals surface area (Å²) in [4.78, 5) is 11.0. The molecule has 1 heterocycles. The van der Waals surface area contributed by atoms with E-state index in [1.165, 1.54) is 7.11 Å². The number of halogens is 1. The van der Waals surface area contributed by atoms with Gasteiger partial charge in [0.1, 0.15) is 5.75 Å². The van der Waals surface area contributed by atoms with Crippen molar-refractivity contribution in [3.8, 4) is 11.5 Å². The zero-order valence-electron chi connectivity index (χ0n) is 9.42. The number of hydrogen-bond donors (Lipinski definition) is 0. The Hall–Kier alpha value is -1.53. The molecule has 7 heteroatoms. The zero-order valence-corrected chi connectivity index (χ0v) is 11.0. The lowest BCUT2D eigenvalue weighted by atomic mass is 10.2. The maximum atomic E-state index is 11.0. The van der Waals surface area contributed by atoms with E-state index in [0.717, 1.165) is 17.3 Å². The van der Waals surface area contributed by atoms with Gasteiger partial charge in [0.2, 0.25) is 5.89 Å². The van der Waals surface area contributed by atoms with Crippen LogP contribution < -0.4 is 0 Å². The number of nitrogens with zero attached hydrogens (tertiary/aromatic N) is 2. The first-order valence-corrected chi connectivity index (χ1v) is 6.34. The monoisotopic (exact) mass is 284 g/mol. The second-order valence-electron chi connectivity index (χ2n) is 3.24. The Morgan fingerprint density at radius 3 is 2.78 bits per heavy atom. The second-order valence-corrected chi connectivity index (χ2v) is 4.61. The summed E-state index contributed by atoms with van der Waals surface area (Å²) < 4.78 is 9.91. The number of benzene rings is 1. The molecule has 0 aliphatic carbocycles. The first-order chi connectivity index (χ1) is 8.69. The molecule has 0 radical (unpaired) electrons. The van der Waals surface area contributed by atoms with E-state index < -0.39 is 0 Å². The molecule has 1 aromatic heterocycles. The number of aromatic nitrogens is 2. The van der Waals surface area contributed by atoms with Crippen molar-refractivity contribution in [3.63, 3.8) is 0 Å². The van der Waals surface area contributed by atoms with E-state index in [2.05, 4.69) is 14.9 Å². The van der Waals surface area contributed by atoms with Crippen LogP contribution in [0.4, 0.5) is 0 Å². The Morgan fingerprint density at radius 1 is 1.39 bits per heavy atom. The molecule has 2 rings (SSSR count). The van der Waals surface area contributed by atoms with Gasteiger partial charge in [0, 0.05) is 10.6 Å². The predicted octanol–water partition coefficient (Wildman–Crippen LogP) is 2.66. The standard InChI is InChI=1S/C11H9ClN2O3S/c1-16-9(15)6-18-11-14-13-10(17-11)7-2-4-8(12)5-3-7/h2-5H,6H2,1H3. The van der Waals surface area contributed by atoms with Crippen molar-refractivity contribution < 1.29 is 13.9 Å². The van der Waals surface area contributed by atoms with Gasteiger partial charge in [-0.1, -0.05) is 23.4 Å². The molecule has 0 amide bonds. The van der Waals surface area contributed by atoms with E-state index in [-0.39, 0.29) is 11.7 Å². The molecule has 0 saturated heterocycles. The fourth-order valence-corrected chi connectivity index (χ4v) is 1.88. The molecule has 1 aromatic carbocycles. The van der Waals surface area contributed by atoms with Gasteiger partial charge in [-0.05, 0) is 24.3 Å². The van der Waals surface area contributed by atoms with Crippen molar-refractivity contribution in [3.05, 3.63) is 29.3 Å². The average molecular weight is 285 g/mol. The van der Waals surface area contributed by atoms with Crippen molar-refractivity contribution in [2.75, 3.05) is 12.9 Å². The van der Waals surface area contributed by atoms with E-state index >= 15 is 0 Å². The summed E-state index contributed by atoms with van der Waals surface area (Å²) >= 11 is 6.91. The first kappa shape index (κ1) is 12.9. The van der Waals surface area contributed by atoms with Gasteiger partial charge in [-0.25, -0.2) is 0 Å². The lowest BCUT2D eigenvalue weighted by molar-refractivity contribution is -0.137. The summed E-state index contributed by atoms with van der Waals surface area (Å²) in [6.07, 6.45) is 0. The van der Waals surface area contributed by atoms with Crippen LogP contribution in [-0.2, 0) is 9.53 Å². The minimum absolute atomic E-state index is 0.138. The van der Waals surface area contributed by atoms with E-state index in [0.29, 0.717) is 16.1 Å². The van der Waals surface area contributed by atoms with E-state index in [4.69, 9.17) is 16.0 Å². The fraction of sp³-hybridized carbons (Fsp3) is 0.182. The third-order valence-electron chi connectivity index (χ3n) is 2.04. The molecule has 0 spiro atoms. The topological polar surface area (TPSA) is 65.2 Å². The molecule has 18 heavy (non-hydrogen) atoms. The Morgan fingerprint density at radius 2 is 2.11 bits per heavy atom. The molecule has 5 nitrogen and oxygen atoms in total. The van der Waals surface area contributed by atoms with Crippen LogP contribution in [-0.4, -0.2) is 29.0 Å². The maximum absolute atomic E-state index is 11.0. The molecular formula is C11H9ClN2O3S. The van der Waals surface area contributed by atoms with Gasteiger partial charge < -0.3 is 9.15 Å². The number of carbonyl (C=O) groups is 1. The van der Waals surface area contributed by atoms with Crippen molar-refractivity contribution in [2.45, 2.75) is 5.22 Å². The van der Waals surface area contributed by atoms with E-state index in [9.17, 15) is 4.79 Å². The van der Waals surface area contributed by atoms with Crippen LogP contribution in [0, 0.1) is 0 Å². The number of hydrogen-bond acceptors (Lipinski definition) is 6. The molecule has 0 bridgehead atoms. The number of methoxy groups -OCH3 is 1. The van der Waals surface area contributed by atoms with Gasteiger partial charge in [-0.3, -0.25) is 4.79 Å². The van der Waals surface area contributed by atoms with Crippen LogP contribution in [0.5, 0.6) is 0 Å². The summed E-state index contributed by atoms with van der Waals surface area (Å²) in [5.41, 5.74) is 0.775. The summed E-state index contributed by atoms with van der Waals surface area (Å²) in [5, 5.41) is 8.68. The fourth-order valence-electron chi connectivity index (χ4n) is 1.16. The maximum Gasteiger partial charge on any atom is 0.316 e. The van der Waals surface area contributed by atoms with Crippen LogP contribution in [0.2, 0.25) is 5.02 Å². The third-order valence-corrected chi connectivity index (χ3v) is 3.08. The molecule has 0 N–H and O–H groups in total. The van der Waals surface area contributed by atoms with Crippen molar-refractivity contribution >= 4 is 29.3 Å². The number of carbonyl (C=O) groups excluding carboxylic acids is 1. The van der Waals surface area contributed by atoms with Crippen LogP contribution in [0.1, 0.15) is 0 Å². The third kappa shape index (κ3) is 3.24. The van der Waals surface area contributed by atoms with Crippen LogP contribution in [0.25, 0.3) is 11.5 Å². The van der Waals surface area contributed by atoms with Crippen LogP contribution in [0.15, 0.2) is 33.9 Å². The molecule has 0 fully saturated rings. The lowest BCUT2D eigenvalue weighted by Crippen LogP contribution is -2.02. The van der Waals surface area contributed by atoms with Gasteiger partial charge in [0.15, 0.2) is 0 Å². The van der Waals surface area contributed by atoms with Gasteiger partial charge in [-0.15, -0.1) is 10.2 Å². The summed E-state index contributed by atoms with van der Waals surface area (Å²) in [6.45, 7) is 0. The van der Waals surface area contributed by atoms with Gasteiger partial charge in [0.25, 0.3) is 5.22 Å². The average Bonchev–Trinajstić information content (AvgIpc) is 2.85. The number of rotatable bonds is 4. The summed E-state index contributed by atoms with van der Waals surface area (Å²) in [6, 6.07) is 7.04. The normalized spacial score (nSPS) is 10.3. The van der Waals surface area contributed by atoms with E-state index in [1.807, 2.05) is 0 Å². The zero-order chi connectivity index (χ0) is 13.0. The molecular weight excluding hydrogens is 276 g/mol. The second kappa shape index (κ2) is 5.88.